The van der Waals surface area contributed by atoms with E-state index in [2.05, 4.69) is 20.3 Å². The summed E-state index contributed by atoms with van der Waals surface area (Å²) in [6.45, 7) is 2.61. The van der Waals surface area contributed by atoms with Crippen LogP contribution in [0.1, 0.15) is 37.1 Å². The number of hydrogen-bond acceptors (Lipinski definition) is 4. The molecule has 0 bridgehead atoms. The summed E-state index contributed by atoms with van der Waals surface area (Å²) in [6, 6.07) is 0. The van der Waals surface area contributed by atoms with E-state index in [4.69, 9.17) is 4.74 Å². The highest BCUT2D eigenvalue weighted by molar-refractivity contribution is 5.12. The second kappa shape index (κ2) is 6.85. The summed E-state index contributed by atoms with van der Waals surface area (Å²) in [5.41, 5.74) is 2.46. The Hall–Kier alpha value is -0.940. The van der Waals surface area contributed by atoms with Crippen LogP contribution in [0.2, 0.25) is 0 Å². The molecule has 2 rings (SSSR count). The lowest BCUT2D eigenvalue weighted by molar-refractivity contribution is 0.190. The van der Waals surface area contributed by atoms with Crippen molar-refractivity contribution in [3.8, 4) is 0 Å². The molecule has 0 saturated heterocycles. The molecule has 1 saturated carbocycles. The second-order valence-corrected chi connectivity index (χ2v) is 5.08. The smallest absolute Gasteiger partial charge is 0.0996 e. The molecule has 0 aromatic carbocycles. The SMILES string of the molecule is CNCc1nnn(CCCCOC)c1CC1CC1. The average molecular weight is 252 g/mol. The van der Waals surface area contributed by atoms with Gasteiger partial charge in [-0.3, -0.25) is 0 Å². The predicted octanol–water partition coefficient (Wildman–Crippen LogP) is 1.38. The standard InChI is InChI=1S/C13H24N4O/c1-14-10-12-13(9-11-5-6-11)17(16-15-12)7-3-4-8-18-2/h11,14H,3-10H2,1-2H3. The van der Waals surface area contributed by atoms with E-state index in [1.807, 2.05) is 7.05 Å². The summed E-state index contributed by atoms with van der Waals surface area (Å²) in [5.74, 6) is 0.872. The van der Waals surface area contributed by atoms with Crippen LogP contribution < -0.4 is 5.32 Å². The quantitative estimate of drug-likeness (QED) is 0.675. The highest BCUT2D eigenvalue weighted by Crippen LogP contribution is 2.33. The fourth-order valence-corrected chi connectivity index (χ4v) is 2.18. The lowest BCUT2D eigenvalue weighted by Gasteiger charge is -2.07. The fraction of sp³-hybridized carbons (Fsp3) is 0.846. The third-order valence-electron chi connectivity index (χ3n) is 3.41. The Bertz CT molecular complexity index is 360. The van der Waals surface area contributed by atoms with Gasteiger partial charge in [-0.25, -0.2) is 4.68 Å². The van der Waals surface area contributed by atoms with E-state index in [1.165, 1.54) is 18.5 Å². The van der Waals surface area contributed by atoms with Gasteiger partial charge >= 0.3 is 0 Å². The lowest BCUT2D eigenvalue weighted by atomic mass is 10.1. The normalized spacial score (nSPS) is 15.2. The van der Waals surface area contributed by atoms with Gasteiger partial charge in [-0.05, 0) is 45.1 Å². The number of hydrogen-bond donors (Lipinski definition) is 1. The molecule has 1 N–H and O–H groups in total. The first-order valence-corrected chi connectivity index (χ1v) is 6.90. The highest BCUT2D eigenvalue weighted by atomic mass is 16.5. The first-order valence-electron chi connectivity index (χ1n) is 6.90. The Morgan fingerprint density at radius 2 is 2.22 bits per heavy atom. The predicted molar refractivity (Wildman–Crippen MR) is 70.3 cm³/mol. The van der Waals surface area contributed by atoms with Gasteiger partial charge in [0, 0.05) is 26.8 Å². The first kappa shape index (κ1) is 13.5. The molecule has 5 nitrogen and oxygen atoms in total. The van der Waals surface area contributed by atoms with Crippen molar-refractivity contribution in [2.45, 2.75) is 45.2 Å². The average Bonchev–Trinajstić information content (AvgIpc) is 3.11. The van der Waals surface area contributed by atoms with Crippen molar-refractivity contribution in [2.75, 3.05) is 20.8 Å². The van der Waals surface area contributed by atoms with Crippen LogP contribution in [0.5, 0.6) is 0 Å². The Morgan fingerprint density at radius 3 is 2.89 bits per heavy atom. The summed E-state index contributed by atoms with van der Waals surface area (Å²) in [4.78, 5) is 0. The third kappa shape index (κ3) is 3.78. The Kier molecular flexibility index (Phi) is 5.13. The topological polar surface area (TPSA) is 52.0 Å². The van der Waals surface area contributed by atoms with Crippen molar-refractivity contribution in [1.29, 1.82) is 0 Å². The fourth-order valence-electron chi connectivity index (χ4n) is 2.18. The van der Waals surface area contributed by atoms with E-state index in [-0.39, 0.29) is 0 Å². The maximum Gasteiger partial charge on any atom is 0.0996 e. The van der Waals surface area contributed by atoms with E-state index < -0.39 is 0 Å². The summed E-state index contributed by atoms with van der Waals surface area (Å²) < 4.78 is 7.17. The van der Waals surface area contributed by atoms with Crippen LogP contribution in [0.4, 0.5) is 0 Å². The summed E-state index contributed by atoms with van der Waals surface area (Å²) in [5, 5.41) is 11.8. The van der Waals surface area contributed by atoms with Gasteiger partial charge in [0.2, 0.25) is 0 Å². The molecule has 0 aliphatic heterocycles. The largest absolute Gasteiger partial charge is 0.385 e. The van der Waals surface area contributed by atoms with Crippen molar-refractivity contribution >= 4 is 0 Å². The van der Waals surface area contributed by atoms with Crippen LogP contribution in [-0.2, 0) is 24.2 Å². The molecule has 102 valence electrons. The number of nitrogens with zero attached hydrogens (tertiary/aromatic N) is 3. The van der Waals surface area contributed by atoms with Crippen LogP contribution in [-0.4, -0.2) is 35.8 Å². The molecule has 1 aromatic heterocycles. The molecule has 0 spiro atoms. The van der Waals surface area contributed by atoms with Gasteiger partial charge in [-0.15, -0.1) is 5.10 Å². The number of methoxy groups -OCH3 is 1. The Labute approximate surface area is 109 Å². The third-order valence-corrected chi connectivity index (χ3v) is 3.41. The minimum Gasteiger partial charge on any atom is -0.385 e. The van der Waals surface area contributed by atoms with Crippen LogP contribution in [0.3, 0.4) is 0 Å². The number of ether oxygens (including phenoxy) is 1. The van der Waals surface area contributed by atoms with Crippen LogP contribution in [0, 0.1) is 5.92 Å². The van der Waals surface area contributed by atoms with Crippen molar-refractivity contribution in [1.82, 2.24) is 20.3 Å². The summed E-state index contributed by atoms with van der Waals surface area (Å²) in [7, 11) is 3.71. The first-order chi connectivity index (χ1) is 8.85. The molecular formula is C13H24N4O. The molecular weight excluding hydrogens is 228 g/mol. The Balaban J connectivity index is 1.93. The number of nitrogens with one attached hydrogen (secondary N) is 1. The lowest BCUT2D eigenvalue weighted by Crippen LogP contribution is -2.11. The van der Waals surface area contributed by atoms with Gasteiger partial charge in [-0.1, -0.05) is 5.21 Å². The molecule has 0 unspecified atom stereocenters. The summed E-state index contributed by atoms with van der Waals surface area (Å²) >= 11 is 0. The van der Waals surface area contributed by atoms with Crippen molar-refractivity contribution in [3.05, 3.63) is 11.4 Å². The van der Waals surface area contributed by atoms with Gasteiger partial charge < -0.3 is 10.1 Å². The van der Waals surface area contributed by atoms with Gasteiger partial charge in [0.1, 0.15) is 0 Å². The van der Waals surface area contributed by atoms with E-state index in [1.54, 1.807) is 7.11 Å². The molecule has 1 heterocycles. The van der Waals surface area contributed by atoms with Crippen molar-refractivity contribution in [2.24, 2.45) is 5.92 Å². The molecule has 1 fully saturated rings. The van der Waals surface area contributed by atoms with Gasteiger partial charge in [0.05, 0.1) is 11.4 Å². The number of aryl methyl sites for hydroxylation is 1. The van der Waals surface area contributed by atoms with E-state index in [0.717, 1.165) is 50.6 Å². The zero-order valence-electron chi connectivity index (χ0n) is 11.5. The molecule has 1 aromatic rings. The van der Waals surface area contributed by atoms with Crippen molar-refractivity contribution in [3.63, 3.8) is 0 Å². The van der Waals surface area contributed by atoms with Gasteiger partial charge in [0.15, 0.2) is 0 Å². The molecule has 1 aliphatic carbocycles. The number of unbranched alkanes of at least 4 members (excludes halogenated alkanes) is 1. The Morgan fingerprint density at radius 1 is 1.39 bits per heavy atom. The number of rotatable bonds is 9. The molecule has 0 amide bonds. The number of aromatic nitrogens is 3. The molecule has 1 aliphatic rings. The van der Waals surface area contributed by atoms with Crippen LogP contribution >= 0.6 is 0 Å². The minimum absolute atomic E-state index is 0.820. The maximum absolute atomic E-state index is 5.07. The van der Waals surface area contributed by atoms with E-state index in [0.29, 0.717) is 0 Å². The monoisotopic (exact) mass is 252 g/mol. The van der Waals surface area contributed by atoms with Crippen LogP contribution in [0.15, 0.2) is 0 Å². The summed E-state index contributed by atoms with van der Waals surface area (Å²) in [6.07, 6.45) is 6.07. The van der Waals surface area contributed by atoms with Gasteiger partial charge in [0.25, 0.3) is 0 Å². The zero-order valence-corrected chi connectivity index (χ0v) is 11.5. The van der Waals surface area contributed by atoms with E-state index in [9.17, 15) is 0 Å². The maximum atomic E-state index is 5.07. The molecule has 5 heteroatoms. The second-order valence-electron chi connectivity index (χ2n) is 5.08. The molecule has 0 atom stereocenters. The van der Waals surface area contributed by atoms with Crippen LogP contribution in [0.25, 0.3) is 0 Å². The minimum atomic E-state index is 0.820. The van der Waals surface area contributed by atoms with Crippen molar-refractivity contribution < 1.29 is 4.74 Å². The van der Waals surface area contributed by atoms with E-state index >= 15 is 0 Å². The van der Waals surface area contributed by atoms with Gasteiger partial charge in [-0.2, -0.15) is 0 Å². The molecule has 0 radical (unpaired) electrons. The zero-order chi connectivity index (χ0) is 12.8. The highest BCUT2D eigenvalue weighted by Gasteiger charge is 2.25. The molecule has 18 heavy (non-hydrogen) atoms.